The van der Waals surface area contributed by atoms with Gasteiger partial charge in [-0.15, -0.1) is 0 Å². The maximum absolute atomic E-state index is 13.3. The molecule has 0 spiro atoms. The highest BCUT2D eigenvalue weighted by Gasteiger charge is 2.40. The van der Waals surface area contributed by atoms with Crippen LogP contribution in [0.15, 0.2) is 48.8 Å². The molecule has 1 aromatic carbocycles. The fraction of sp³-hybridized carbons (Fsp3) is 0.500. The van der Waals surface area contributed by atoms with Crippen molar-refractivity contribution in [3.63, 3.8) is 0 Å². The Morgan fingerprint density at radius 3 is 2.29 bits per heavy atom. The third kappa shape index (κ3) is 4.44. The summed E-state index contributed by atoms with van der Waals surface area (Å²) in [5, 5.41) is 3.39. The smallest absolute Gasteiger partial charge is 0.226 e. The molecule has 0 atom stereocenters. The number of hydrogen-bond acceptors (Lipinski definition) is 3. The van der Waals surface area contributed by atoms with Gasteiger partial charge in [0.05, 0.1) is 5.41 Å². The van der Waals surface area contributed by atoms with E-state index >= 15 is 0 Å². The number of rotatable bonds is 5. The normalized spacial score (nSPS) is 19.9. The lowest BCUT2D eigenvalue weighted by atomic mass is 9.74. The van der Waals surface area contributed by atoms with Crippen molar-refractivity contribution in [3.05, 3.63) is 54.4 Å². The molecule has 1 amide bonds. The number of aromatic nitrogens is 1. The van der Waals surface area contributed by atoms with E-state index in [0.717, 1.165) is 37.7 Å². The van der Waals surface area contributed by atoms with Gasteiger partial charge in [0.25, 0.3) is 0 Å². The van der Waals surface area contributed by atoms with Gasteiger partial charge >= 0.3 is 0 Å². The van der Waals surface area contributed by atoms with E-state index in [1.807, 2.05) is 24.5 Å². The van der Waals surface area contributed by atoms with Crippen molar-refractivity contribution in [2.45, 2.75) is 57.4 Å². The SMILES string of the molecule is O=C(NC1CCCCC1)C1(Cc2ccc(-c3ccncc3)cc2)CCOCC1. The highest BCUT2D eigenvalue weighted by molar-refractivity contribution is 5.83. The number of nitrogens with zero attached hydrogens (tertiary/aromatic N) is 1. The summed E-state index contributed by atoms with van der Waals surface area (Å²) >= 11 is 0. The van der Waals surface area contributed by atoms with Crippen molar-refractivity contribution >= 4 is 5.91 Å². The quantitative estimate of drug-likeness (QED) is 0.831. The third-order valence-electron chi connectivity index (χ3n) is 6.38. The molecule has 2 aliphatic rings. The molecule has 4 nitrogen and oxygen atoms in total. The predicted molar refractivity (Wildman–Crippen MR) is 111 cm³/mol. The van der Waals surface area contributed by atoms with Gasteiger partial charge in [-0.1, -0.05) is 43.5 Å². The van der Waals surface area contributed by atoms with Crippen LogP contribution in [0.2, 0.25) is 0 Å². The van der Waals surface area contributed by atoms with Crippen LogP contribution in [0.25, 0.3) is 11.1 Å². The second-order valence-corrected chi connectivity index (χ2v) is 8.31. The topological polar surface area (TPSA) is 51.2 Å². The lowest BCUT2D eigenvalue weighted by Crippen LogP contribution is -2.49. The third-order valence-corrected chi connectivity index (χ3v) is 6.38. The highest BCUT2D eigenvalue weighted by atomic mass is 16.5. The zero-order valence-electron chi connectivity index (χ0n) is 16.5. The standard InChI is InChI=1S/C24H30N2O2/c27-23(26-22-4-2-1-3-5-22)24(12-16-28-17-13-24)18-19-6-8-20(9-7-19)21-10-14-25-15-11-21/h6-11,14-15,22H,1-5,12-13,16-18H2,(H,26,27). The van der Waals surface area contributed by atoms with Crippen LogP contribution in [0.4, 0.5) is 0 Å². The van der Waals surface area contributed by atoms with E-state index in [0.29, 0.717) is 19.3 Å². The van der Waals surface area contributed by atoms with Gasteiger partial charge in [-0.3, -0.25) is 9.78 Å². The average molecular weight is 379 g/mol. The van der Waals surface area contributed by atoms with Crippen LogP contribution in [-0.2, 0) is 16.0 Å². The van der Waals surface area contributed by atoms with Gasteiger partial charge < -0.3 is 10.1 Å². The largest absolute Gasteiger partial charge is 0.381 e. The van der Waals surface area contributed by atoms with E-state index in [1.54, 1.807) is 0 Å². The molecule has 1 saturated carbocycles. The van der Waals surface area contributed by atoms with Gasteiger partial charge in [0, 0.05) is 31.6 Å². The minimum absolute atomic E-state index is 0.237. The predicted octanol–water partition coefficient (Wildman–Crippen LogP) is 4.54. The molecular formula is C24H30N2O2. The van der Waals surface area contributed by atoms with Crippen LogP contribution in [0, 0.1) is 5.41 Å². The fourth-order valence-electron chi connectivity index (χ4n) is 4.58. The lowest BCUT2D eigenvalue weighted by molar-refractivity contribution is -0.137. The first-order valence-corrected chi connectivity index (χ1v) is 10.6. The van der Waals surface area contributed by atoms with Gasteiger partial charge in [-0.05, 0) is 60.9 Å². The van der Waals surface area contributed by atoms with Crippen LogP contribution < -0.4 is 5.32 Å². The average Bonchev–Trinajstić information content (AvgIpc) is 2.76. The van der Waals surface area contributed by atoms with Crippen molar-refractivity contribution in [3.8, 4) is 11.1 Å². The van der Waals surface area contributed by atoms with E-state index in [2.05, 4.69) is 34.6 Å². The van der Waals surface area contributed by atoms with Crippen molar-refractivity contribution in [2.24, 2.45) is 5.41 Å². The Labute approximate surface area is 167 Å². The van der Waals surface area contributed by atoms with Crippen molar-refractivity contribution < 1.29 is 9.53 Å². The van der Waals surface area contributed by atoms with Crippen LogP contribution in [-0.4, -0.2) is 30.1 Å². The Hall–Kier alpha value is -2.20. The first-order valence-electron chi connectivity index (χ1n) is 10.6. The molecule has 28 heavy (non-hydrogen) atoms. The maximum Gasteiger partial charge on any atom is 0.226 e. The molecule has 4 rings (SSSR count). The number of ether oxygens (including phenoxy) is 1. The lowest BCUT2D eigenvalue weighted by Gasteiger charge is -2.37. The van der Waals surface area contributed by atoms with E-state index in [4.69, 9.17) is 4.74 Å². The van der Waals surface area contributed by atoms with E-state index in [1.165, 1.54) is 30.4 Å². The van der Waals surface area contributed by atoms with Crippen LogP contribution >= 0.6 is 0 Å². The fourth-order valence-corrected chi connectivity index (χ4v) is 4.58. The molecule has 1 aliphatic heterocycles. The van der Waals surface area contributed by atoms with E-state index in [9.17, 15) is 4.79 Å². The molecule has 1 aromatic heterocycles. The van der Waals surface area contributed by atoms with E-state index < -0.39 is 0 Å². The minimum Gasteiger partial charge on any atom is -0.381 e. The molecule has 4 heteroatoms. The van der Waals surface area contributed by atoms with Gasteiger partial charge in [-0.2, -0.15) is 0 Å². The number of carbonyl (C=O) groups is 1. The summed E-state index contributed by atoms with van der Waals surface area (Å²) in [4.78, 5) is 17.4. The zero-order valence-corrected chi connectivity index (χ0v) is 16.5. The molecule has 0 radical (unpaired) electrons. The molecule has 148 valence electrons. The van der Waals surface area contributed by atoms with Gasteiger partial charge in [0.2, 0.25) is 5.91 Å². The molecule has 1 aliphatic carbocycles. The first kappa shape index (κ1) is 19.1. The number of benzene rings is 1. The number of nitrogens with one attached hydrogen (secondary N) is 1. The number of hydrogen-bond donors (Lipinski definition) is 1. The Kier molecular flexibility index (Phi) is 6.06. The molecule has 1 saturated heterocycles. The van der Waals surface area contributed by atoms with Gasteiger partial charge in [0.15, 0.2) is 0 Å². The number of pyridine rings is 1. The monoisotopic (exact) mass is 378 g/mol. The first-order chi connectivity index (χ1) is 13.8. The summed E-state index contributed by atoms with van der Waals surface area (Å²) in [5.74, 6) is 0.237. The molecule has 1 N–H and O–H groups in total. The Morgan fingerprint density at radius 2 is 1.61 bits per heavy atom. The Bertz CT molecular complexity index is 761. The van der Waals surface area contributed by atoms with E-state index in [-0.39, 0.29) is 11.3 Å². The molecule has 2 aromatic rings. The van der Waals surface area contributed by atoms with Crippen molar-refractivity contribution in [2.75, 3.05) is 13.2 Å². The number of carbonyl (C=O) groups excluding carboxylic acids is 1. The summed E-state index contributed by atoms with van der Waals surface area (Å²) in [5.41, 5.74) is 3.23. The van der Waals surface area contributed by atoms with Crippen LogP contribution in [0.3, 0.4) is 0 Å². The molecular weight excluding hydrogens is 348 g/mol. The summed E-state index contributed by atoms with van der Waals surface area (Å²) in [6.45, 7) is 1.35. The number of amides is 1. The zero-order chi connectivity index (χ0) is 19.2. The maximum atomic E-state index is 13.3. The summed E-state index contributed by atoms with van der Waals surface area (Å²) in [7, 11) is 0. The van der Waals surface area contributed by atoms with Crippen molar-refractivity contribution in [1.29, 1.82) is 0 Å². The Balaban J connectivity index is 1.49. The highest BCUT2D eigenvalue weighted by Crippen LogP contribution is 2.36. The minimum atomic E-state index is -0.339. The van der Waals surface area contributed by atoms with Gasteiger partial charge in [0.1, 0.15) is 0 Å². The molecule has 0 bridgehead atoms. The van der Waals surface area contributed by atoms with Crippen LogP contribution in [0.1, 0.15) is 50.5 Å². The summed E-state index contributed by atoms with van der Waals surface area (Å²) in [6.07, 6.45) is 12.0. The molecule has 0 unspecified atom stereocenters. The molecule has 2 heterocycles. The van der Waals surface area contributed by atoms with Crippen LogP contribution in [0.5, 0.6) is 0 Å². The second kappa shape index (κ2) is 8.87. The second-order valence-electron chi connectivity index (χ2n) is 8.31. The molecule has 2 fully saturated rings. The Morgan fingerprint density at radius 1 is 0.964 bits per heavy atom. The van der Waals surface area contributed by atoms with Gasteiger partial charge in [-0.25, -0.2) is 0 Å². The van der Waals surface area contributed by atoms with Crippen molar-refractivity contribution in [1.82, 2.24) is 10.3 Å². The summed E-state index contributed by atoms with van der Waals surface area (Å²) in [6, 6.07) is 13.0. The summed E-state index contributed by atoms with van der Waals surface area (Å²) < 4.78 is 5.59.